The lowest BCUT2D eigenvalue weighted by atomic mass is 9.84. The molecule has 164 valence electrons. The summed E-state index contributed by atoms with van der Waals surface area (Å²) >= 11 is 0. The summed E-state index contributed by atoms with van der Waals surface area (Å²) < 4.78 is 17.0. The highest BCUT2D eigenvalue weighted by Crippen LogP contribution is 2.26. The molecular formula is C25H34O5. The Balaban J connectivity index is 2.03. The number of rotatable bonds is 12. The van der Waals surface area contributed by atoms with Gasteiger partial charge in [-0.1, -0.05) is 74.5 Å². The van der Waals surface area contributed by atoms with E-state index in [4.69, 9.17) is 14.2 Å². The van der Waals surface area contributed by atoms with Gasteiger partial charge < -0.3 is 19.3 Å². The van der Waals surface area contributed by atoms with Crippen LogP contribution in [0.1, 0.15) is 31.9 Å². The van der Waals surface area contributed by atoms with Gasteiger partial charge in [0.2, 0.25) is 0 Å². The Kier molecular flexibility index (Phi) is 10.0. The second kappa shape index (κ2) is 12.5. The van der Waals surface area contributed by atoms with Crippen LogP contribution in [0.15, 0.2) is 60.7 Å². The summed E-state index contributed by atoms with van der Waals surface area (Å²) in [4.78, 5) is 11.9. The van der Waals surface area contributed by atoms with Crippen molar-refractivity contribution in [2.24, 2.45) is 17.8 Å². The molecule has 30 heavy (non-hydrogen) atoms. The second-order valence-corrected chi connectivity index (χ2v) is 7.90. The van der Waals surface area contributed by atoms with Crippen LogP contribution in [0.25, 0.3) is 0 Å². The highest BCUT2D eigenvalue weighted by molar-refractivity contribution is 5.72. The fourth-order valence-electron chi connectivity index (χ4n) is 3.61. The fraction of sp³-hybridized carbons (Fsp3) is 0.480. The number of aliphatic hydroxyl groups excluding tert-OH is 1. The van der Waals surface area contributed by atoms with E-state index < -0.39 is 18.0 Å². The van der Waals surface area contributed by atoms with Crippen LogP contribution in [-0.2, 0) is 32.2 Å². The molecule has 2 aromatic carbocycles. The van der Waals surface area contributed by atoms with Crippen molar-refractivity contribution in [3.8, 4) is 0 Å². The molecule has 0 spiro atoms. The minimum absolute atomic E-state index is 0.0203. The minimum Gasteiger partial charge on any atom is -0.469 e. The van der Waals surface area contributed by atoms with E-state index in [0.29, 0.717) is 19.8 Å². The van der Waals surface area contributed by atoms with Gasteiger partial charge >= 0.3 is 5.97 Å². The van der Waals surface area contributed by atoms with Crippen LogP contribution in [0.4, 0.5) is 0 Å². The monoisotopic (exact) mass is 414 g/mol. The second-order valence-electron chi connectivity index (χ2n) is 7.90. The highest BCUT2D eigenvalue weighted by atomic mass is 16.5. The third-order valence-electron chi connectivity index (χ3n) is 5.48. The van der Waals surface area contributed by atoms with E-state index in [1.165, 1.54) is 7.11 Å². The molecule has 0 fully saturated rings. The Hall–Kier alpha value is -2.21. The van der Waals surface area contributed by atoms with E-state index in [-0.39, 0.29) is 17.9 Å². The first-order valence-corrected chi connectivity index (χ1v) is 10.5. The first-order chi connectivity index (χ1) is 14.4. The Labute approximate surface area is 180 Å². The summed E-state index contributed by atoms with van der Waals surface area (Å²) in [6, 6.07) is 19.9. The van der Waals surface area contributed by atoms with Crippen molar-refractivity contribution in [1.82, 2.24) is 0 Å². The van der Waals surface area contributed by atoms with Crippen LogP contribution in [-0.4, -0.2) is 37.0 Å². The van der Waals surface area contributed by atoms with Crippen molar-refractivity contribution in [3.63, 3.8) is 0 Å². The van der Waals surface area contributed by atoms with Crippen LogP contribution in [0.2, 0.25) is 0 Å². The number of carbonyl (C=O) groups is 1. The molecule has 0 heterocycles. The van der Waals surface area contributed by atoms with Crippen LogP contribution < -0.4 is 0 Å². The van der Waals surface area contributed by atoms with Gasteiger partial charge in [0, 0.05) is 11.8 Å². The van der Waals surface area contributed by atoms with E-state index in [1.807, 2.05) is 74.5 Å². The van der Waals surface area contributed by atoms with Gasteiger partial charge in [0.1, 0.15) is 0 Å². The third-order valence-corrected chi connectivity index (χ3v) is 5.48. The van der Waals surface area contributed by atoms with Crippen LogP contribution in [0.3, 0.4) is 0 Å². The molecule has 2 aromatic rings. The summed E-state index contributed by atoms with van der Waals surface area (Å²) in [5.41, 5.74) is 2.17. The standard InChI is InChI=1S/C25H34O5/c1-18(15-29-16-21-11-7-5-8-12-21)24(30-17-22-13-9-6-10-14-22)19(2)23(26)20(3)25(27)28-4/h5-14,18-20,23-24,26H,15-17H2,1-4H3/t18-,19+,20+,23-,24-/m0/s1. The van der Waals surface area contributed by atoms with Gasteiger partial charge in [0.25, 0.3) is 0 Å². The molecule has 0 aliphatic heterocycles. The molecule has 0 unspecified atom stereocenters. The van der Waals surface area contributed by atoms with E-state index >= 15 is 0 Å². The largest absolute Gasteiger partial charge is 0.469 e. The molecule has 0 aliphatic carbocycles. The fourth-order valence-corrected chi connectivity index (χ4v) is 3.61. The molecule has 0 aliphatic rings. The van der Waals surface area contributed by atoms with Crippen molar-refractivity contribution < 1.29 is 24.1 Å². The normalized spacial score (nSPS) is 16.3. The van der Waals surface area contributed by atoms with Crippen molar-refractivity contribution in [1.29, 1.82) is 0 Å². The number of carbonyl (C=O) groups excluding carboxylic acids is 1. The summed E-state index contributed by atoms with van der Waals surface area (Å²) in [6.07, 6.45) is -1.17. The number of hydrogen-bond acceptors (Lipinski definition) is 5. The number of esters is 1. The first-order valence-electron chi connectivity index (χ1n) is 10.5. The molecule has 5 atom stereocenters. The van der Waals surface area contributed by atoms with E-state index in [0.717, 1.165) is 11.1 Å². The van der Waals surface area contributed by atoms with Gasteiger partial charge in [-0.15, -0.1) is 0 Å². The lowest BCUT2D eigenvalue weighted by Crippen LogP contribution is -2.42. The van der Waals surface area contributed by atoms with Crippen LogP contribution >= 0.6 is 0 Å². The zero-order valence-corrected chi connectivity index (χ0v) is 18.4. The van der Waals surface area contributed by atoms with E-state index in [2.05, 4.69) is 0 Å². The maximum Gasteiger partial charge on any atom is 0.311 e. The lowest BCUT2D eigenvalue weighted by Gasteiger charge is -2.34. The predicted molar refractivity (Wildman–Crippen MR) is 117 cm³/mol. The Bertz CT molecular complexity index is 734. The molecule has 2 rings (SSSR count). The number of hydrogen-bond donors (Lipinski definition) is 1. The smallest absolute Gasteiger partial charge is 0.311 e. The summed E-state index contributed by atoms with van der Waals surface area (Å²) in [5, 5.41) is 10.8. The van der Waals surface area contributed by atoms with Gasteiger partial charge in [-0.3, -0.25) is 4.79 Å². The van der Waals surface area contributed by atoms with Gasteiger partial charge in [-0.25, -0.2) is 0 Å². The van der Waals surface area contributed by atoms with Crippen LogP contribution in [0, 0.1) is 17.8 Å². The Morgan fingerprint density at radius 2 is 1.43 bits per heavy atom. The molecule has 0 aromatic heterocycles. The maximum atomic E-state index is 11.9. The molecule has 0 bridgehead atoms. The Morgan fingerprint density at radius 3 is 1.97 bits per heavy atom. The SMILES string of the molecule is COC(=O)[C@H](C)[C@@H](O)[C@@H](C)[C@@H](OCc1ccccc1)[C@@H](C)COCc1ccccc1. The van der Waals surface area contributed by atoms with Crippen molar-refractivity contribution in [2.75, 3.05) is 13.7 Å². The number of benzene rings is 2. The van der Waals surface area contributed by atoms with Crippen LogP contribution in [0.5, 0.6) is 0 Å². The molecular weight excluding hydrogens is 380 g/mol. The van der Waals surface area contributed by atoms with Gasteiger partial charge in [-0.2, -0.15) is 0 Å². The Morgan fingerprint density at radius 1 is 0.900 bits per heavy atom. The zero-order valence-electron chi connectivity index (χ0n) is 18.4. The molecule has 5 nitrogen and oxygen atoms in total. The highest BCUT2D eigenvalue weighted by Gasteiger charge is 2.35. The van der Waals surface area contributed by atoms with Crippen molar-refractivity contribution in [2.45, 2.75) is 46.2 Å². The van der Waals surface area contributed by atoms with Crippen molar-refractivity contribution in [3.05, 3.63) is 71.8 Å². The molecule has 0 saturated heterocycles. The molecule has 0 radical (unpaired) electrons. The molecule has 0 saturated carbocycles. The zero-order chi connectivity index (χ0) is 21.9. The number of methoxy groups -OCH3 is 1. The topological polar surface area (TPSA) is 65.0 Å². The molecule has 0 amide bonds. The summed E-state index contributed by atoms with van der Waals surface area (Å²) in [7, 11) is 1.33. The average Bonchev–Trinajstić information content (AvgIpc) is 2.78. The van der Waals surface area contributed by atoms with E-state index in [1.54, 1.807) is 6.92 Å². The number of ether oxygens (including phenoxy) is 3. The predicted octanol–water partition coefficient (Wildman–Crippen LogP) is 4.23. The summed E-state index contributed by atoms with van der Waals surface area (Å²) in [6.45, 7) is 7.07. The van der Waals surface area contributed by atoms with Gasteiger partial charge in [0.05, 0.1) is 45.1 Å². The van der Waals surface area contributed by atoms with Crippen molar-refractivity contribution >= 4 is 5.97 Å². The third kappa shape index (κ3) is 7.24. The first kappa shape index (κ1) is 24.1. The number of aliphatic hydroxyl groups is 1. The van der Waals surface area contributed by atoms with Gasteiger partial charge in [-0.05, 0) is 18.1 Å². The molecule has 5 heteroatoms. The quantitative estimate of drug-likeness (QED) is 0.527. The average molecular weight is 415 g/mol. The van der Waals surface area contributed by atoms with Gasteiger partial charge in [0.15, 0.2) is 0 Å². The lowest BCUT2D eigenvalue weighted by molar-refractivity contribution is -0.153. The summed E-state index contributed by atoms with van der Waals surface area (Å²) in [5.74, 6) is -1.32. The minimum atomic E-state index is -0.880. The van der Waals surface area contributed by atoms with E-state index in [9.17, 15) is 9.90 Å². The maximum absolute atomic E-state index is 11.9. The molecule has 1 N–H and O–H groups in total.